The molecule has 0 spiro atoms. The molecule has 7 nitrogen and oxygen atoms in total. The Morgan fingerprint density at radius 3 is 2.44 bits per heavy atom. The summed E-state index contributed by atoms with van der Waals surface area (Å²) in [4.78, 5) is 0. The van der Waals surface area contributed by atoms with Gasteiger partial charge in [0.1, 0.15) is 24.4 Å². The zero-order valence-electron chi connectivity index (χ0n) is 20.1. The molecule has 1 saturated heterocycles. The van der Waals surface area contributed by atoms with Crippen molar-refractivity contribution in [3.63, 3.8) is 0 Å². The predicted octanol–water partition coefficient (Wildman–Crippen LogP) is 2.28. The van der Waals surface area contributed by atoms with E-state index in [4.69, 9.17) is 9.47 Å². The van der Waals surface area contributed by atoms with Crippen molar-refractivity contribution < 1.29 is 35.0 Å². The highest BCUT2D eigenvalue weighted by atomic mass is 16.7. The molecule has 0 bridgehead atoms. The molecule has 2 rings (SSSR count). The van der Waals surface area contributed by atoms with E-state index in [1.54, 1.807) is 6.92 Å². The molecule has 1 heterocycles. The summed E-state index contributed by atoms with van der Waals surface area (Å²) in [5, 5.41) is 51.6. The van der Waals surface area contributed by atoms with Crippen LogP contribution in [0.15, 0.2) is 46.6 Å². The summed E-state index contributed by atoms with van der Waals surface area (Å²) in [6, 6.07) is 0. The first-order valence-corrected chi connectivity index (χ1v) is 11.2. The van der Waals surface area contributed by atoms with Crippen molar-refractivity contribution in [3.8, 4) is 0 Å². The topological polar surface area (TPSA) is 123 Å². The summed E-state index contributed by atoms with van der Waals surface area (Å²) in [5.41, 5.74) is 2.07. The number of ether oxygens (including phenoxy) is 2. The largest absolute Gasteiger partial charge is 0.392 e. The van der Waals surface area contributed by atoms with Crippen LogP contribution in [0.25, 0.3) is 0 Å². The lowest BCUT2D eigenvalue weighted by Gasteiger charge is -2.35. The molecule has 5 N–H and O–H groups in total. The van der Waals surface area contributed by atoms with Gasteiger partial charge in [-0.1, -0.05) is 29.4 Å². The van der Waals surface area contributed by atoms with Crippen LogP contribution in [-0.4, -0.2) is 74.0 Å². The summed E-state index contributed by atoms with van der Waals surface area (Å²) < 4.78 is 11.4. The molecule has 0 aromatic rings. The quantitative estimate of drug-likeness (QED) is 0.185. The molecule has 1 fully saturated rings. The standard InChI is InChI=1S/C25H40O7/c1-15(2)8-7-9-16(3)10-11-19(27)17(4)12-20(28)25-21(31-24(5,6)30)13-18(14-26)22(29)23(25)32-25/h8,10,12-13,19-23,26-30H,7,9,11,14H2,1-6H3/b16-10+,17-12+/t19-,20-,21-,22+,23-,25+/m0/s1. The molecule has 0 aromatic carbocycles. The first kappa shape index (κ1) is 26.9. The molecule has 0 radical (unpaired) electrons. The van der Waals surface area contributed by atoms with Gasteiger partial charge < -0.3 is 35.0 Å². The van der Waals surface area contributed by atoms with Crippen LogP contribution in [0.1, 0.15) is 60.8 Å². The number of aliphatic hydroxyl groups is 5. The fraction of sp³-hybridized carbons (Fsp3) is 0.680. The zero-order chi connectivity index (χ0) is 24.3. The van der Waals surface area contributed by atoms with Gasteiger partial charge in [0.2, 0.25) is 0 Å². The maximum atomic E-state index is 11.0. The molecule has 7 heteroatoms. The van der Waals surface area contributed by atoms with Gasteiger partial charge in [0.05, 0.1) is 12.7 Å². The number of hydrogen-bond acceptors (Lipinski definition) is 7. The molecular weight excluding hydrogens is 412 g/mol. The Labute approximate surface area is 191 Å². The normalized spacial score (nSPS) is 30.3. The molecule has 0 aromatic heterocycles. The van der Waals surface area contributed by atoms with Gasteiger partial charge in [0.15, 0.2) is 11.4 Å². The summed E-state index contributed by atoms with van der Waals surface area (Å²) in [6.07, 6.45) is 4.79. The second-order valence-electron chi connectivity index (χ2n) is 9.70. The first-order chi connectivity index (χ1) is 14.8. The SMILES string of the molecule is CC(C)=CCC/C(C)=C/C[C@H](O)/C(C)=C/[C@H](O)[C@]12O[C@H]1[C@H](O)C(CO)=C[C@@H]2OC(C)(C)O. The van der Waals surface area contributed by atoms with E-state index in [0.717, 1.165) is 12.8 Å². The van der Waals surface area contributed by atoms with Crippen molar-refractivity contribution in [2.45, 2.75) is 103 Å². The maximum Gasteiger partial charge on any atom is 0.160 e. The number of hydrogen-bond donors (Lipinski definition) is 5. The van der Waals surface area contributed by atoms with E-state index >= 15 is 0 Å². The van der Waals surface area contributed by atoms with Crippen LogP contribution in [0.3, 0.4) is 0 Å². The highest BCUT2D eigenvalue weighted by Gasteiger charge is 2.71. The van der Waals surface area contributed by atoms with E-state index in [2.05, 4.69) is 19.9 Å². The second kappa shape index (κ2) is 10.7. The van der Waals surface area contributed by atoms with Gasteiger partial charge in [-0.25, -0.2) is 0 Å². The van der Waals surface area contributed by atoms with Gasteiger partial charge in [-0.2, -0.15) is 0 Å². The highest BCUT2D eigenvalue weighted by Crippen LogP contribution is 2.52. The molecule has 1 aliphatic carbocycles. The molecule has 32 heavy (non-hydrogen) atoms. The number of aliphatic hydroxyl groups excluding tert-OH is 4. The highest BCUT2D eigenvalue weighted by molar-refractivity contribution is 5.35. The van der Waals surface area contributed by atoms with Crippen molar-refractivity contribution in [1.82, 2.24) is 0 Å². The Morgan fingerprint density at radius 1 is 1.22 bits per heavy atom. The van der Waals surface area contributed by atoms with Crippen LogP contribution in [0, 0.1) is 0 Å². The van der Waals surface area contributed by atoms with E-state index in [-0.39, 0.29) is 6.61 Å². The minimum absolute atomic E-state index is 0.319. The number of epoxide rings is 1. The Bertz CT molecular complexity index is 770. The van der Waals surface area contributed by atoms with Crippen LogP contribution in [0.2, 0.25) is 0 Å². The smallest absolute Gasteiger partial charge is 0.160 e. The van der Waals surface area contributed by atoms with Crippen LogP contribution in [0.5, 0.6) is 0 Å². The minimum Gasteiger partial charge on any atom is -0.392 e. The monoisotopic (exact) mass is 452 g/mol. The molecular formula is C25H40O7. The van der Waals surface area contributed by atoms with Gasteiger partial charge >= 0.3 is 0 Å². The number of rotatable bonds is 11. The molecule has 0 saturated carbocycles. The lowest BCUT2D eigenvalue weighted by molar-refractivity contribution is -0.213. The summed E-state index contributed by atoms with van der Waals surface area (Å²) in [7, 11) is 0. The third kappa shape index (κ3) is 6.60. The molecule has 6 atom stereocenters. The maximum absolute atomic E-state index is 11.0. The van der Waals surface area contributed by atoms with Gasteiger partial charge in [-0.3, -0.25) is 0 Å². The average Bonchev–Trinajstić information content (AvgIpc) is 3.45. The lowest BCUT2D eigenvalue weighted by Crippen LogP contribution is -2.51. The molecule has 1 aliphatic heterocycles. The first-order valence-electron chi connectivity index (χ1n) is 11.2. The predicted molar refractivity (Wildman–Crippen MR) is 123 cm³/mol. The van der Waals surface area contributed by atoms with Crippen LogP contribution in [0.4, 0.5) is 0 Å². The summed E-state index contributed by atoms with van der Waals surface area (Å²) in [5.74, 6) is -1.51. The van der Waals surface area contributed by atoms with E-state index in [1.807, 2.05) is 13.0 Å². The van der Waals surface area contributed by atoms with Crippen molar-refractivity contribution in [1.29, 1.82) is 0 Å². The zero-order valence-corrected chi connectivity index (χ0v) is 20.1. The third-order valence-electron chi connectivity index (χ3n) is 5.98. The lowest BCUT2D eigenvalue weighted by atomic mass is 9.80. The van der Waals surface area contributed by atoms with Crippen LogP contribution in [-0.2, 0) is 9.47 Å². The van der Waals surface area contributed by atoms with Crippen molar-refractivity contribution in [3.05, 3.63) is 46.6 Å². The van der Waals surface area contributed by atoms with Crippen molar-refractivity contribution >= 4 is 0 Å². The van der Waals surface area contributed by atoms with Crippen molar-refractivity contribution in [2.75, 3.05) is 6.61 Å². The van der Waals surface area contributed by atoms with Gasteiger partial charge in [0.25, 0.3) is 0 Å². The van der Waals surface area contributed by atoms with E-state index in [0.29, 0.717) is 17.6 Å². The average molecular weight is 453 g/mol. The Balaban J connectivity index is 2.12. The Kier molecular flexibility index (Phi) is 9.04. The van der Waals surface area contributed by atoms with Gasteiger partial charge in [-0.15, -0.1) is 0 Å². The fourth-order valence-electron chi connectivity index (χ4n) is 4.01. The van der Waals surface area contributed by atoms with E-state index < -0.39 is 41.9 Å². The molecule has 182 valence electrons. The van der Waals surface area contributed by atoms with Crippen LogP contribution >= 0.6 is 0 Å². The Morgan fingerprint density at radius 2 is 1.88 bits per heavy atom. The third-order valence-corrected chi connectivity index (χ3v) is 5.98. The Hall–Kier alpha value is -1.32. The van der Waals surface area contributed by atoms with Crippen LogP contribution < -0.4 is 0 Å². The molecule has 0 amide bonds. The van der Waals surface area contributed by atoms with E-state index in [9.17, 15) is 25.5 Å². The fourth-order valence-corrected chi connectivity index (χ4v) is 4.01. The van der Waals surface area contributed by atoms with Gasteiger partial charge in [0, 0.05) is 0 Å². The molecule has 0 unspecified atom stereocenters. The summed E-state index contributed by atoms with van der Waals surface area (Å²) >= 11 is 0. The number of allylic oxidation sites excluding steroid dienone is 3. The molecule has 2 aliphatic rings. The minimum atomic E-state index is -1.51. The van der Waals surface area contributed by atoms with E-state index in [1.165, 1.54) is 37.1 Å². The second-order valence-corrected chi connectivity index (χ2v) is 9.70. The number of fused-ring (bicyclic) bond motifs is 1. The summed E-state index contributed by atoms with van der Waals surface area (Å²) in [6.45, 7) is 10.4. The van der Waals surface area contributed by atoms with Gasteiger partial charge in [-0.05, 0) is 78.0 Å². The van der Waals surface area contributed by atoms with Crippen molar-refractivity contribution in [2.24, 2.45) is 0 Å².